The van der Waals surface area contributed by atoms with Crippen LogP contribution in [0.2, 0.25) is 0 Å². The highest BCUT2D eigenvalue weighted by atomic mass is 19.1. The average Bonchev–Trinajstić information content (AvgIpc) is 2.91. The molecule has 35 heavy (non-hydrogen) atoms. The fourth-order valence-corrected chi connectivity index (χ4v) is 3.80. The number of benzene rings is 2. The second-order valence-corrected chi connectivity index (χ2v) is 8.98. The number of nitrogens with zero attached hydrogens (tertiary/aromatic N) is 2. The summed E-state index contributed by atoms with van der Waals surface area (Å²) < 4.78 is 24.7. The third-order valence-electron chi connectivity index (χ3n) is 6.09. The first-order valence-electron chi connectivity index (χ1n) is 13.1. The number of halogens is 1. The van der Waals surface area contributed by atoms with E-state index in [1.807, 2.05) is 60.9 Å². The van der Waals surface area contributed by atoms with Gasteiger partial charge in [0, 0.05) is 23.5 Å². The van der Waals surface area contributed by atoms with Crippen LogP contribution in [0.3, 0.4) is 0 Å². The van der Waals surface area contributed by atoms with E-state index in [4.69, 9.17) is 9.47 Å². The van der Waals surface area contributed by atoms with Gasteiger partial charge in [0.15, 0.2) is 5.82 Å². The molecule has 0 aliphatic heterocycles. The maximum absolute atomic E-state index is 13.3. The first-order valence-corrected chi connectivity index (χ1v) is 13.1. The molecule has 0 bridgehead atoms. The first kappa shape index (κ1) is 26.7. The van der Waals surface area contributed by atoms with Crippen molar-refractivity contribution in [3.8, 4) is 34.0 Å². The van der Waals surface area contributed by atoms with E-state index >= 15 is 0 Å². The predicted octanol–water partition coefficient (Wildman–Crippen LogP) is 8.46. The van der Waals surface area contributed by atoms with Crippen molar-refractivity contribution in [2.75, 3.05) is 13.2 Å². The molecule has 1 atom stereocenters. The molecule has 0 aliphatic carbocycles. The third-order valence-corrected chi connectivity index (χ3v) is 6.09. The molecule has 188 valence electrons. The lowest BCUT2D eigenvalue weighted by Gasteiger charge is -2.09. The van der Waals surface area contributed by atoms with E-state index < -0.39 is 6.17 Å². The first-order chi connectivity index (χ1) is 17.2. The van der Waals surface area contributed by atoms with Crippen LogP contribution in [0.1, 0.15) is 71.6 Å². The highest BCUT2D eigenvalue weighted by Crippen LogP contribution is 2.24. The molecule has 0 amide bonds. The lowest BCUT2D eigenvalue weighted by atomic mass is 10.1. The lowest BCUT2D eigenvalue weighted by molar-refractivity contribution is 0.192. The molecular weight excluding hydrogens is 439 g/mol. The van der Waals surface area contributed by atoms with Crippen LogP contribution in [0.5, 0.6) is 11.5 Å². The Kier molecular flexibility index (Phi) is 11.5. The second kappa shape index (κ2) is 15.1. The monoisotopic (exact) mass is 478 g/mol. The molecule has 0 N–H and O–H groups in total. The minimum absolute atomic E-state index is 0.0735. The number of rotatable bonds is 16. The van der Waals surface area contributed by atoms with Crippen molar-refractivity contribution in [2.45, 2.75) is 77.8 Å². The SMILES string of the molecule is CCCCCCCCCCOc1ccc(-c2cnc(-c3ccc(OCC(F)CC)cc3)nc2)cc1. The Bertz CT molecular complexity index is 959. The molecule has 0 fully saturated rings. The number of unbranched alkanes of at least 4 members (excludes halogenated alkanes) is 7. The van der Waals surface area contributed by atoms with E-state index in [1.165, 1.54) is 44.9 Å². The third kappa shape index (κ3) is 9.31. The topological polar surface area (TPSA) is 44.2 Å². The molecule has 2 aromatic carbocycles. The van der Waals surface area contributed by atoms with E-state index in [2.05, 4.69) is 16.9 Å². The van der Waals surface area contributed by atoms with E-state index in [0.717, 1.165) is 35.5 Å². The summed E-state index contributed by atoms with van der Waals surface area (Å²) in [5, 5.41) is 0. The van der Waals surface area contributed by atoms with Crippen LogP contribution < -0.4 is 9.47 Å². The summed E-state index contributed by atoms with van der Waals surface area (Å²) in [5.74, 6) is 2.18. The molecular formula is C30H39FN2O2. The van der Waals surface area contributed by atoms with Crippen LogP contribution in [0.25, 0.3) is 22.5 Å². The molecule has 3 rings (SSSR count). The van der Waals surface area contributed by atoms with Crippen LogP contribution in [-0.2, 0) is 0 Å². The summed E-state index contributed by atoms with van der Waals surface area (Å²) >= 11 is 0. The number of hydrogen-bond acceptors (Lipinski definition) is 4. The van der Waals surface area contributed by atoms with Crippen molar-refractivity contribution in [3.05, 3.63) is 60.9 Å². The zero-order chi connectivity index (χ0) is 24.7. The van der Waals surface area contributed by atoms with Crippen LogP contribution in [0.15, 0.2) is 60.9 Å². The van der Waals surface area contributed by atoms with Gasteiger partial charge in [-0.25, -0.2) is 14.4 Å². The Morgan fingerprint density at radius 1 is 0.657 bits per heavy atom. The van der Waals surface area contributed by atoms with Crippen molar-refractivity contribution < 1.29 is 13.9 Å². The van der Waals surface area contributed by atoms with Gasteiger partial charge in [0.05, 0.1) is 6.61 Å². The van der Waals surface area contributed by atoms with Crippen molar-refractivity contribution in [2.24, 2.45) is 0 Å². The summed E-state index contributed by atoms with van der Waals surface area (Å²) in [4.78, 5) is 9.05. The van der Waals surface area contributed by atoms with Crippen LogP contribution in [0.4, 0.5) is 4.39 Å². The molecule has 0 spiro atoms. The quantitative estimate of drug-likeness (QED) is 0.194. The van der Waals surface area contributed by atoms with Gasteiger partial charge in [-0.2, -0.15) is 0 Å². The number of aromatic nitrogens is 2. The van der Waals surface area contributed by atoms with E-state index in [9.17, 15) is 4.39 Å². The van der Waals surface area contributed by atoms with E-state index in [-0.39, 0.29) is 6.61 Å². The molecule has 1 aromatic heterocycles. The van der Waals surface area contributed by atoms with Crippen LogP contribution in [0, 0.1) is 0 Å². The molecule has 0 saturated carbocycles. The Morgan fingerprint density at radius 3 is 1.80 bits per heavy atom. The van der Waals surface area contributed by atoms with Gasteiger partial charge >= 0.3 is 0 Å². The van der Waals surface area contributed by atoms with Crippen molar-refractivity contribution in [1.82, 2.24) is 9.97 Å². The Morgan fingerprint density at radius 2 is 1.20 bits per heavy atom. The van der Waals surface area contributed by atoms with Gasteiger partial charge in [-0.3, -0.25) is 0 Å². The number of hydrogen-bond donors (Lipinski definition) is 0. The standard InChI is InChI=1S/C30H39FN2O2/c1-3-5-6-7-8-9-10-11-20-34-28-16-12-24(13-17-28)26-21-32-30(33-22-26)25-14-18-29(19-15-25)35-23-27(31)4-2/h12-19,21-22,27H,3-11,20,23H2,1-2H3. The summed E-state index contributed by atoms with van der Waals surface area (Å²) in [5.41, 5.74) is 2.90. The molecule has 0 aliphatic rings. The molecule has 3 aromatic rings. The fourth-order valence-electron chi connectivity index (χ4n) is 3.80. The van der Waals surface area contributed by atoms with Gasteiger partial charge in [0.25, 0.3) is 0 Å². The minimum Gasteiger partial charge on any atom is -0.494 e. The molecule has 5 heteroatoms. The maximum Gasteiger partial charge on any atom is 0.159 e. The van der Waals surface area contributed by atoms with Crippen molar-refractivity contribution >= 4 is 0 Å². The van der Waals surface area contributed by atoms with Gasteiger partial charge in [0.1, 0.15) is 24.3 Å². The smallest absolute Gasteiger partial charge is 0.159 e. The zero-order valence-corrected chi connectivity index (χ0v) is 21.2. The maximum atomic E-state index is 13.3. The fraction of sp³-hybridized carbons (Fsp3) is 0.467. The van der Waals surface area contributed by atoms with Crippen molar-refractivity contribution in [1.29, 1.82) is 0 Å². The van der Waals surface area contributed by atoms with Gasteiger partial charge in [-0.1, -0.05) is 70.9 Å². The van der Waals surface area contributed by atoms with E-state index in [0.29, 0.717) is 18.0 Å². The Balaban J connectivity index is 1.43. The largest absolute Gasteiger partial charge is 0.494 e. The average molecular weight is 479 g/mol. The van der Waals surface area contributed by atoms with Gasteiger partial charge in [0.2, 0.25) is 0 Å². The summed E-state index contributed by atoms with van der Waals surface area (Å²) in [6, 6.07) is 15.5. The van der Waals surface area contributed by atoms with Crippen LogP contribution in [-0.4, -0.2) is 29.4 Å². The summed E-state index contributed by atoms with van der Waals surface area (Å²) in [6.45, 7) is 4.90. The minimum atomic E-state index is -0.943. The van der Waals surface area contributed by atoms with Gasteiger partial charge in [-0.05, 0) is 54.8 Å². The zero-order valence-electron chi connectivity index (χ0n) is 21.2. The molecule has 1 heterocycles. The Labute approximate surface area is 209 Å². The number of alkyl halides is 1. The molecule has 4 nitrogen and oxygen atoms in total. The molecule has 1 unspecified atom stereocenters. The highest BCUT2D eigenvalue weighted by molar-refractivity contribution is 5.64. The van der Waals surface area contributed by atoms with Crippen LogP contribution >= 0.6 is 0 Å². The molecule has 0 saturated heterocycles. The normalized spacial score (nSPS) is 11.9. The summed E-state index contributed by atoms with van der Waals surface area (Å²) in [6.07, 6.45) is 13.6. The van der Waals surface area contributed by atoms with E-state index in [1.54, 1.807) is 6.92 Å². The number of ether oxygens (including phenoxy) is 2. The second-order valence-electron chi connectivity index (χ2n) is 8.98. The highest BCUT2D eigenvalue weighted by Gasteiger charge is 2.07. The Hall–Kier alpha value is -2.95. The molecule has 0 radical (unpaired) electrons. The van der Waals surface area contributed by atoms with Crippen molar-refractivity contribution in [3.63, 3.8) is 0 Å². The predicted molar refractivity (Wildman–Crippen MR) is 142 cm³/mol. The lowest BCUT2D eigenvalue weighted by Crippen LogP contribution is -2.11. The summed E-state index contributed by atoms with van der Waals surface area (Å²) in [7, 11) is 0. The van der Waals surface area contributed by atoms with Gasteiger partial charge < -0.3 is 9.47 Å². The van der Waals surface area contributed by atoms with Gasteiger partial charge in [-0.15, -0.1) is 0 Å².